The number of carbonyl (C=O) groups excluding carboxylic acids is 4. The summed E-state index contributed by atoms with van der Waals surface area (Å²) in [5, 5.41) is 2.82. The molecule has 1 fully saturated rings. The fourth-order valence-corrected chi connectivity index (χ4v) is 4.88. The van der Waals surface area contributed by atoms with Crippen LogP contribution in [0.4, 0.5) is 18.9 Å². The number of ketones is 3. The highest BCUT2D eigenvalue weighted by molar-refractivity contribution is 6.43. The first-order valence-corrected chi connectivity index (χ1v) is 13.0. The summed E-state index contributed by atoms with van der Waals surface area (Å²) in [7, 11) is 0. The lowest BCUT2D eigenvalue weighted by atomic mass is 9.94. The van der Waals surface area contributed by atoms with E-state index in [9.17, 15) is 32.3 Å². The third kappa shape index (κ3) is 6.47. The van der Waals surface area contributed by atoms with Crippen LogP contribution in [0.5, 0.6) is 0 Å². The van der Waals surface area contributed by atoms with Crippen LogP contribution in [0.2, 0.25) is 0 Å². The van der Waals surface area contributed by atoms with Gasteiger partial charge < -0.3 is 10.2 Å². The van der Waals surface area contributed by atoms with Gasteiger partial charge in [0.1, 0.15) is 0 Å². The number of rotatable bonds is 9. The molecule has 0 saturated carbocycles. The molecule has 208 valence electrons. The molecule has 1 aliphatic rings. The third-order valence-corrected chi connectivity index (χ3v) is 7.18. The SMILES string of the molecule is CCC(=O)C(=O)c1ccc(CNC(=O)c2ccc(N3CC(c4ccc(C(F)(F)F)cc4)C[C@H]3C(C)=O)cc2)cc1. The number of carbonyl (C=O) groups is 4. The number of nitrogens with zero attached hydrogens (tertiary/aromatic N) is 1. The van der Waals surface area contributed by atoms with Crippen molar-refractivity contribution in [2.75, 3.05) is 11.4 Å². The van der Waals surface area contributed by atoms with Crippen LogP contribution < -0.4 is 10.2 Å². The molecule has 4 rings (SSSR count). The topological polar surface area (TPSA) is 83.6 Å². The predicted octanol–water partition coefficient (Wildman–Crippen LogP) is 5.75. The molecule has 1 N–H and O–H groups in total. The molecule has 2 atom stereocenters. The second-order valence-electron chi connectivity index (χ2n) is 9.86. The molecule has 0 aromatic heterocycles. The van der Waals surface area contributed by atoms with E-state index in [1.165, 1.54) is 19.1 Å². The summed E-state index contributed by atoms with van der Waals surface area (Å²) < 4.78 is 38.8. The second-order valence-corrected chi connectivity index (χ2v) is 9.86. The van der Waals surface area contributed by atoms with Crippen LogP contribution in [-0.2, 0) is 22.3 Å². The standard InChI is InChI=1S/C31H29F3N2O4/c1-3-28(38)29(39)22-6-4-20(5-7-22)17-35-30(40)23-10-14-26(15-11-23)36-18-24(16-27(36)19(2)37)21-8-12-25(13-9-21)31(32,33)34/h4-15,24,27H,3,16-18H2,1-2H3,(H,35,40)/t24?,27-/m0/s1. The Morgan fingerprint density at radius 2 is 1.48 bits per heavy atom. The molecule has 0 aliphatic carbocycles. The minimum Gasteiger partial charge on any atom is -0.361 e. The van der Waals surface area contributed by atoms with Gasteiger partial charge in [0.2, 0.25) is 11.6 Å². The zero-order valence-electron chi connectivity index (χ0n) is 22.1. The lowest BCUT2D eigenvalue weighted by Gasteiger charge is -2.25. The first-order valence-electron chi connectivity index (χ1n) is 13.0. The Morgan fingerprint density at radius 1 is 0.875 bits per heavy atom. The van der Waals surface area contributed by atoms with Crippen molar-refractivity contribution >= 4 is 28.9 Å². The molecule has 0 radical (unpaired) electrons. The van der Waals surface area contributed by atoms with Gasteiger partial charge in [0, 0.05) is 42.2 Å². The van der Waals surface area contributed by atoms with Gasteiger partial charge in [-0.25, -0.2) is 0 Å². The Morgan fingerprint density at radius 3 is 2.02 bits per heavy atom. The minimum atomic E-state index is -4.41. The van der Waals surface area contributed by atoms with Gasteiger partial charge in [0.05, 0.1) is 11.6 Å². The van der Waals surface area contributed by atoms with E-state index in [1.807, 2.05) is 4.90 Å². The van der Waals surface area contributed by atoms with Crippen LogP contribution in [0.25, 0.3) is 0 Å². The van der Waals surface area contributed by atoms with Crippen molar-refractivity contribution in [2.45, 2.75) is 51.4 Å². The van der Waals surface area contributed by atoms with Gasteiger partial charge in [-0.15, -0.1) is 0 Å². The zero-order chi connectivity index (χ0) is 29.0. The molecule has 3 aromatic carbocycles. The maximum atomic E-state index is 12.9. The van der Waals surface area contributed by atoms with Gasteiger partial charge in [-0.1, -0.05) is 43.3 Å². The Hall–Kier alpha value is -4.27. The van der Waals surface area contributed by atoms with Crippen molar-refractivity contribution < 1.29 is 32.3 Å². The summed E-state index contributed by atoms with van der Waals surface area (Å²) >= 11 is 0. The van der Waals surface area contributed by atoms with Crippen molar-refractivity contribution in [1.29, 1.82) is 0 Å². The third-order valence-electron chi connectivity index (χ3n) is 7.18. The smallest absolute Gasteiger partial charge is 0.361 e. The van der Waals surface area contributed by atoms with Gasteiger partial charge in [-0.3, -0.25) is 19.2 Å². The summed E-state index contributed by atoms with van der Waals surface area (Å²) in [6.07, 6.45) is -3.78. The summed E-state index contributed by atoms with van der Waals surface area (Å²) in [5.41, 5.74) is 2.27. The summed E-state index contributed by atoms with van der Waals surface area (Å²) in [6.45, 7) is 3.82. The number of amides is 1. The van der Waals surface area contributed by atoms with E-state index in [2.05, 4.69) is 5.32 Å². The van der Waals surface area contributed by atoms with Crippen molar-refractivity contribution in [3.63, 3.8) is 0 Å². The Kier molecular flexibility index (Phi) is 8.52. The molecule has 6 nitrogen and oxygen atoms in total. The van der Waals surface area contributed by atoms with Crippen molar-refractivity contribution in [2.24, 2.45) is 0 Å². The van der Waals surface area contributed by atoms with E-state index < -0.39 is 29.3 Å². The number of hydrogen-bond acceptors (Lipinski definition) is 5. The number of Topliss-reactive ketones (excluding diaryl/α,β-unsaturated/α-hetero) is 3. The normalized spacial score (nSPS) is 17.0. The van der Waals surface area contributed by atoms with E-state index >= 15 is 0 Å². The van der Waals surface area contributed by atoms with E-state index in [0.717, 1.165) is 28.9 Å². The zero-order valence-corrected chi connectivity index (χ0v) is 22.1. The molecule has 40 heavy (non-hydrogen) atoms. The number of benzene rings is 3. The molecule has 1 amide bonds. The highest BCUT2D eigenvalue weighted by Gasteiger charge is 2.36. The molecular formula is C31H29F3N2O4. The highest BCUT2D eigenvalue weighted by atomic mass is 19.4. The Labute approximate surface area is 230 Å². The fourth-order valence-electron chi connectivity index (χ4n) is 4.88. The largest absolute Gasteiger partial charge is 0.416 e. The van der Waals surface area contributed by atoms with Crippen LogP contribution in [0.15, 0.2) is 72.8 Å². The number of halogens is 3. The van der Waals surface area contributed by atoms with Crippen LogP contribution in [-0.4, -0.2) is 35.8 Å². The van der Waals surface area contributed by atoms with Gasteiger partial charge >= 0.3 is 6.18 Å². The average Bonchev–Trinajstić information content (AvgIpc) is 3.41. The number of alkyl halides is 3. The van der Waals surface area contributed by atoms with Crippen LogP contribution in [0.3, 0.4) is 0 Å². The maximum absolute atomic E-state index is 12.9. The lowest BCUT2D eigenvalue weighted by molar-refractivity contribution is -0.137. The molecule has 0 bridgehead atoms. The molecular weight excluding hydrogens is 521 g/mol. The van der Waals surface area contributed by atoms with Crippen molar-refractivity contribution in [1.82, 2.24) is 5.32 Å². The van der Waals surface area contributed by atoms with Crippen molar-refractivity contribution in [3.05, 3.63) is 101 Å². The molecule has 1 aliphatic heterocycles. The number of anilines is 1. The molecule has 9 heteroatoms. The van der Waals surface area contributed by atoms with Crippen molar-refractivity contribution in [3.8, 4) is 0 Å². The summed E-state index contributed by atoms with van der Waals surface area (Å²) in [4.78, 5) is 50.6. The Balaban J connectivity index is 1.39. The molecule has 1 saturated heterocycles. The van der Waals surface area contributed by atoms with E-state index in [-0.39, 0.29) is 30.6 Å². The summed E-state index contributed by atoms with van der Waals surface area (Å²) in [5.74, 6) is -1.44. The monoisotopic (exact) mass is 550 g/mol. The van der Waals surface area contributed by atoms with Crippen LogP contribution in [0, 0.1) is 0 Å². The number of nitrogens with one attached hydrogen (secondary N) is 1. The minimum absolute atomic E-state index is 0.0389. The van der Waals surface area contributed by atoms with Gasteiger partial charge in [-0.2, -0.15) is 13.2 Å². The van der Waals surface area contributed by atoms with E-state index in [1.54, 1.807) is 55.5 Å². The van der Waals surface area contributed by atoms with Crippen LogP contribution >= 0.6 is 0 Å². The lowest BCUT2D eigenvalue weighted by Crippen LogP contribution is -2.34. The maximum Gasteiger partial charge on any atom is 0.416 e. The van der Waals surface area contributed by atoms with E-state index in [4.69, 9.17) is 0 Å². The molecule has 0 spiro atoms. The predicted molar refractivity (Wildman–Crippen MR) is 144 cm³/mol. The average molecular weight is 551 g/mol. The first kappa shape index (κ1) is 28.7. The number of hydrogen-bond donors (Lipinski definition) is 1. The van der Waals surface area contributed by atoms with Gasteiger partial charge in [-0.05, 0) is 60.9 Å². The second kappa shape index (κ2) is 11.9. The van der Waals surface area contributed by atoms with Crippen LogP contribution in [0.1, 0.15) is 70.0 Å². The quantitative estimate of drug-likeness (QED) is 0.271. The molecule has 3 aromatic rings. The van der Waals surface area contributed by atoms with E-state index in [0.29, 0.717) is 24.1 Å². The summed E-state index contributed by atoms with van der Waals surface area (Å²) in [6, 6.07) is 18.0. The molecule has 1 heterocycles. The molecule has 1 unspecified atom stereocenters. The van der Waals surface area contributed by atoms with Gasteiger partial charge in [0.15, 0.2) is 5.78 Å². The fraction of sp³-hybridized carbons (Fsp3) is 0.290. The Bertz CT molecular complexity index is 1400. The highest BCUT2D eigenvalue weighted by Crippen LogP contribution is 2.37. The van der Waals surface area contributed by atoms with Gasteiger partial charge in [0.25, 0.3) is 5.91 Å². The first-order chi connectivity index (χ1) is 19.0.